The molecule has 2 N–H and O–H groups in total. The molecule has 0 heterocycles. The third-order valence-electron chi connectivity index (χ3n) is 4.01. The Labute approximate surface area is 158 Å². The largest absolute Gasteiger partial charge is 0.462 e. The molecule has 0 aliphatic heterocycles. The van der Waals surface area contributed by atoms with Crippen LogP contribution >= 0.6 is 0 Å². The van der Waals surface area contributed by atoms with E-state index in [0.29, 0.717) is 0 Å². The molecule has 0 bridgehead atoms. The van der Waals surface area contributed by atoms with Crippen LogP contribution in [0.2, 0.25) is 0 Å². The number of nitrogens with one attached hydrogen (secondary N) is 2. The number of esters is 1. The Balaban J connectivity index is 2.20. The average Bonchev–Trinajstić information content (AvgIpc) is 2.66. The highest BCUT2D eigenvalue weighted by Gasteiger charge is 2.16. The third-order valence-corrected chi connectivity index (χ3v) is 4.01. The van der Waals surface area contributed by atoms with Crippen LogP contribution < -0.4 is 10.6 Å². The van der Waals surface area contributed by atoms with Gasteiger partial charge in [-0.05, 0) is 50.1 Å². The molecule has 0 fully saturated rings. The number of ether oxygens (including phenoxy) is 1. The summed E-state index contributed by atoms with van der Waals surface area (Å²) >= 11 is 0. The lowest BCUT2D eigenvalue weighted by molar-refractivity contribution is -0.112. The first-order valence-corrected chi connectivity index (χ1v) is 8.48. The van der Waals surface area contributed by atoms with Gasteiger partial charge in [0.15, 0.2) is 0 Å². The summed E-state index contributed by atoms with van der Waals surface area (Å²) in [7, 11) is 0. The second-order valence-electron chi connectivity index (χ2n) is 5.78. The van der Waals surface area contributed by atoms with Crippen molar-refractivity contribution in [2.75, 3.05) is 17.2 Å². The van der Waals surface area contributed by atoms with E-state index >= 15 is 0 Å². The van der Waals surface area contributed by atoms with E-state index in [1.165, 1.54) is 6.20 Å². The van der Waals surface area contributed by atoms with E-state index in [-0.39, 0.29) is 23.4 Å². The molecule has 2 rings (SSSR count). The predicted octanol–water partition coefficient (Wildman–Crippen LogP) is 3.94. The molecule has 0 unspecified atom stereocenters. The Morgan fingerprint density at radius 3 is 2.52 bits per heavy atom. The second kappa shape index (κ2) is 9.20. The minimum Gasteiger partial charge on any atom is -0.462 e. The summed E-state index contributed by atoms with van der Waals surface area (Å²) in [5.74, 6) is -1.16. The van der Waals surface area contributed by atoms with E-state index in [1.807, 2.05) is 38.1 Å². The number of amides is 1. The van der Waals surface area contributed by atoms with E-state index in [0.717, 1.165) is 16.8 Å². The molecule has 6 heteroatoms. The van der Waals surface area contributed by atoms with Crippen LogP contribution in [0.1, 0.15) is 28.4 Å². The number of carbonyl (C=O) groups is 2. The van der Waals surface area contributed by atoms with Crippen molar-refractivity contribution in [1.29, 1.82) is 5.26 Å². The van der Waals surface area contributed by atoms with Crippen LogP contribution in [0.5, 0.6) is 0 Å². The number of nitriles is 1. The zero-order valence-corrected chi connectivity index (χ0v) is 15.5. The van der Waals surface area contributed by atoms with Gasteiger partial charge in [-0.1, -0.05) is 24.3 Å². The standard InChI is InChI=1S/C21H21N3O3/c1-4-27-21(26)17-9-5-6-10-19(17)24-20(25)16(12-22)13-23-18-11-7-8-14(2)15(18)3/h5-11,13,23H,4H2,1-3H3,(H,24,25)/b16-13-. The lowest BCUT2D eigenvalue weighted by Gasteiger charge is -2.11. The molecule has 0 aromatic heterocycles. The Morgan fingerprint density at radius 1 is 1.11 bits per heavy atom. The number of para-hydroxylation sites is 1. The molecule has 27 heavy (non-hydrogen) atoms. The number of hydrogen-bond donors (Lipinski definition) is 2. The number of carbonyl (C=O) groups excluding carboxylic acids is 2. The van der Waals surface area contributed by atoms with Gasteiger partial charge in [0.2, 0.25) is 0 Å². The fourth-order valence-corrected chi connectivity index (χ4v) is 2.37. The minimum absolute atomic E-state index is 0.116. The van der Waals surface area contributed by atoms with Gasteiger partial charge in [0.25, 0.3) is 5.91 Å². The monoisotopic (exact) mass is 363 g/mol. The molecule has 6 nitrogen and oxygen atoms in total. The molecule has 0 aliphatic carbocycles. The molecular weight excluding hydrogens is 342 g/mol. The molecule has 0 atom stereocenters. The normalized spacial score (nSPS) is 10.7. The van der Waals surface area contributed by atoms with Crippen molar-refractivity contribution in [2.45, 2.75) is 20.8 Å². The van der Waals surface area contributed by atoms with Gasteiger partial charge < -0.3 is 15.4 Å². The summed E-state index contributed by atoms with van der Waals surface area (Å²) < 4.78 is 4.98. The summed E-state index contributed by atoms with van der Waals surface area (Å²) in [4.78, 5) is 24.5. The molecule has 0 spiro atoms. The van der Waals surface area contributed by atoms with Crippen LogP contribution in [0.4, 0.5) is 11.4 Å². The van der Waals surface area contributed by atoms with Crippen LogP contribution in [0.25, 0.3) is 0 Å². The van der Waals surface area contributed by atoms with E-state index in [2.05, 4.69) is 10.6 Å². The fraction of sp³-hybridized carbons (Fsp3) is 0.190. The lowest BCUT2D eigenvalue weighted by Crippen LogP contribution is -2.17. The zero-order chi connectivity index (χ0) is 19.8. The molecule has 1 amide bonds. The van der Waals surface area contributed by atoms with Crippen molar-refractivity contribution >= 4 is 23.3 Å². The molecule has 0 saturated heterocycles. The number of aryl methyl sites for hydroxylation is 1. The molecule has 2 aromatic carbocycles. The van der Waals surface area contributed by atoms with Gasteiger partial charge in [-0.25, -0.2) is 4.79 Å². The summed E-state index contributed by atoms with van der Waals surface area (Å²) in [5.41, 5.74) is 3.33. The summed E-state index contributed by atoms with van der Waals surface area (Å²) in [6.45, 7) is 5.86. The van der Waals surface area contributed by atoms with Gasteiger partial charge >= 0.3 is 5.97 Å². The predicted molar refractivity (Wildman–Crippen MR) is 104 cm³/mol. The number of nitrogens with zero attached hydrogens (tertiary/aromatic N) is 1. The lowest BCUT2D eigenvalue weighted by atomic mass is 10.1. The zero-order valence-electron chi connectivity index (χ0n) is 15.5. The first-order valence-electron chi connectivity index (χ1n) is 8.48. The van der Waals surface area contributed by atoms with Crippen molar-refractivity contribution < 1.29 is 14.3 Å². The van der Waals surface area contributed by atoms with Gasteiger partial charge in [-0.15, -0.1) is 0 Å². The van der Waals surface area contributed by atoms with Gasteiger partial charge in [0.05, 0.1) is 17.9 Å². The minimum atomic E-state index is -0.618. The maximum absolute atomic E-state index is 12.5. The summed E-state index contributed by atoms with van der Waals surface area (Å²) in [5, 5.41) is 14.9. The summed E-state index contributed by atoms with van der Waals surface area (Å²) in [6.07, 6.45) is 1.35. The molecular formula is C21H21N3O3. The maximum atomic E-state index is 12.5. The van der Waals surface area contributed by atoms with Crippen LogP contribution in [0.3, 0.4) is 0 Å². The SMILES string of the molecule is CCOC(=O)c1ccccc1NC(=O)/C(C#N)=C\Nc1cccc(C)c1C. The average molecular weight is 363 g/mol. The van der Waals surface area contributed by atoms with Crippen LogP contribution in [-0.2, 0) is 9.53 Å². The highest BCUT2D eigenvalue weighted by molar-refractivity contribution is 6.09. The van der Waals surface area contributed by atoms with Gasteiger partial charge in [0.1, 0.15) is 11.6 Å². The Morgan fingerprint density at radius 2 is 1.81 bits per heavy atom. The third kappa shape index (κ3) is 4.95. The van der Waals surface area contributed by atoms with E-state index in [1.54, 1.807) is 31.2 Å². The number of anilines is 2. The first kappa shape index (κ1) is 19.7. The second-order valence-corrected chi connectivity index (χ2v) is 5.78. The van der Waals surface area contributed by atoms with Gasteiger partial charge in [-0.3, -0.25) is 4.79 Å². The molecule has 0 saturated carbocycles. The van der Waals surface area contributed by atoms with Crippen molar-refractivity contribution in [3.8, 4) is 6.07 Å². The smallest absolute Gasteiger partial charge is 0.340 e. The molecule has 0 aliphatic rings. The quantitative estimate of drug-likeness (QED) is 0.461. The van der Waals surface area contributed by atoms with Gasteiger partial charge in [0, 0.05) is 11.9 Å². The van der Waals surface area contributed by atoms with Crippen molar-refractivity contribution in [1.82, 2.24) is 0 Å². The Kier molecular flexibility index (Phi) is 6.73. The van der Waals surface area contributed by atoms with Crippen molar-refractivity contribution in [3.63, 3.8) is 0 Å². The number of benzene rings is 2. The molecule has 138 valence electrons. The Bertz CT molecular complexity index is 927. The highest BCUT2D eigenvalue weighted by Crippen LogP contribution is 2.19. The topological polar surface area (TPSA) is 91.2 Å². The fourth-order valence-electron chi connectivity index (χ4n) is 2.37. The first-order chi connectivity index (χ1) is 13.0. The Hall–Kier alpha value is -3.59. The summed E-state index contributed by atoms with van der Waals surface area (Å²) in [6, 6.07) is 14.1. The number of hydrogen-bond acceptors (Lipinski definition) is 5. The van der Waals surface area contributed by atoms with Crippen LogP contribution in [-0.4, -0.2) is 18.5 Å². The maximum Gasteiger partial charge on any atom is 0.340 e. The van der Waals surface area contributed by atoms with Crippen molar-refractivity contribution in [2.24, 2.45) is 0 Å². The molecule has 2 aromatic rings. The van der Waals surface area contributed by atoms with Crippen LogP contribution in [0, 0.1) is 25.2 Å². The van der Waals surface area contributed by atoms with E-state index < -0.39 is 11.9 Å². The van der Waals surface area contributed by atoms with E-state index in [4.69, 9.17) is 4.74 Å². The molecule has 0 radical (unpaired) electrons. The highest BCUT2D eigenvalue weighted by atomic mass is 16.5. The van der Waals surface area contributed by atoms with E-state index in [9.17, 15) is 14.9 Å². The van der Waals surface area contributed by atoms with Crippen LogP contribution in [0.15, 0.2) is 54.2 Å². The van der Waals surface area contributed by atoms with Crippen molar-refractivity contribution in [3.05, 3.63) is 70.9 Å². The number of rotatable bonds is 6. The van der Waals surface area contributed by atoms with Gasteiger partial charge in [-0.2, -0.15) is 5.26 Å².